The van der Waals surface area contributed by atoms with E-state index in [9.17, 15) is 23.1 Å². The molecule has 1 aromatic carbocycles. The Hall–Kier alpha value is -2.63. The van der Waals surface area contributed by atoms with Crippen LogP contribution in [0.4, 0.5) is 23.9 Å². The maximum Gasteiger partial charge on any atom is 0.318 e. The predicted octanol–water partition coefficient (Wildman–Crippen LogP) is 3.21. The maximum atomic E-state index is 14.8. The molecule has 0 bridgehead atoms. The van der Waals surface area contributed by atoms with E-state index in [1.54, 1.807) is 0 Å². The number of carbonyl (C=O) groups excluding carboxylic acids is 1. The van der Waals surface area contributed by atoms with Crippen molar-refractivity contribution in [3.05, 3.63) is 52.1 Å². The Labute approximate surface area is 193 Å². The summed E-state index contributed by atoms with van der Waals surface area (Å²) in [6.45, 7) is -0.371. The zero-order valence-electron chi connectivity index (χ0n) is 17.5. The van der Waals surface area contributed by atoms with Crippen LogP contribution in [-0.2, 0) is 17.2 Å². The first-order chi connectivity index (χ1) is 15.8. The molecule has 1 saturated heterocycles. The molecule has 0 aliphatic carbocycles. The Morgan fingerprint density at radius 2 is 2.12 bits per heavy atom. The van der Waals surface area contributed by atoms with Gasteiger partial charge in [0.25, 0.3) is 5.92 Å². The molecular weight excluding hydrogens is 463 g/mol. The molecule has 1 unspecified atom stereocenters. The fraction of sp³-hybridized carbons (Fsp3) is 0.476. The molecule has 2 aliphatic rings. The number of amides is 2. The average molecular weight is 486 g/mol. The highest BCUT2D eigenvalue weighted by Gasteiger charge is 2.43. The molecule has 0 saturated carbocycles. The fourth-order valence-electron chi connectivity index (χ4n) is 3.85. The molecule has 2 aromatic rings. The smallest absolute Gasteiger partial charge is 0.318 e. The van der Waals surface area contributed by atoms with Crippen LogP contribution in [0.1, 0.15) is 35.7 Å². The Kier molecular flexibility index (Phi) is 6.91. The lowest BCUT2D eigenvalue weighted by atomic mass is 10.0. The van der Waals surface area contributed by atoms with Crippen molar-refractivity contribution in [2.45, 2.75) is 37.4 Å². The molecule has 0 radical (unpaired) electrons. The number of aliphatic hydroxyl groups is 1. The normalized spacial score (nSPS) is 19.0. The monoisotopic (exact) mass is 485 g/mol. The van der Waals surface area contributed by atoms with Crippen LogP contribution in [0.25, 0.3) is 0 Å². The second-order valence-corrected chi connectivity index (χ2v) is 8.41. The van der Waals surface area contributed by atoms with Gasteiger partial charge in [0.05, 0.1) is 42.0 Å². The van der Waals surface area contributed by atoms with Crippen molar-refractivity contribution in [1.29, 1.82) is 0 Å². The Bertz CT molecular complexity index is 1020. The van der Waals surface area contributed by atoms with Crippen LogP contribution in [0.2, 0.25) is 5.02 Å². The first-order valence-electron chi connectivity index (χ1n) is 10.5. The second kappa shape index (κ2) is 9.70. The van der Waals surface area contributed by atoms with Gasteiger partial charge in [-0.2, -0.15) is 8.78 Å². The van der Waals surface area contributed by atoms with Gasteiger partial charge in [0, 0.05) is 25.5 Å². The van der Waals surface area contributed by atoms with E-state index in [1.807, 2.05) is 0 Å². The Morgan fingerprint density at radius 1 is 1.36 bits per heavy atom. The zero-order valence-corrected chi connectivity index (χ0v) is 18.3. The summed E-state index contributed by atoms with van der Waals surface area (Å²) < 4.78 is 48.3. The van der Waals surface area contributed by atoms with E-state index >= 15 is 0 Å². The third-order valence-electron chi connectivity index (χ3n) is 5.66. The molecule has 4 rings (SSSR count). The lowest BCUT2D eigenvalue weighted by molar-refractivity contribution is -0.0427. The number of halogens is 4. The number of anilines is 1. The minimum atomic E-state index is -3.35. The Morgan fingerprint density at radius 3 is 2.82 bits per heavy atom. The van der Waals surface area contributed by atoms with Gasteiger partial charge < -0.3 is 25.4 Å². The molecule has 2 aliphatic heterocycles. The van der Waals surface area contributed by atoms with Gasteiger partial charge in [0.2, 0.25) is 5.95 Å². The molecule has 3 heterocycles. The van der Waals surface area contributed by atoms with Crippen molar-refractivity contribution in [2.75, 3.05) is 31.7 Å². The number of nitrogens with zero attached hydrogens (tertiary/aromatic N) is 3. The summed E-state index contributed by atoms with van der Waals surface area (Å²) in [5, 5.41) is 15.1. The topological polar surface area (TPSA) is 99.6 Å². The molecule has 178 valence electrons. The molecule has 12 heteroatoms. The van der Waals surface area contributed by atoms with Gasteiger partial charge in [-0.25, -0.2) is 19.2 Å². The summed E-state index contributed by atoms with van der Waals surface area (Å²) in [6, 6.07) is 2.01. The van der Waals surface area contributed by atoms with Gasteiger partial charge in [0.1, 0.15) is 5.82 Å². The highest BCUT2D eigenvalue weighted by molar-refractivity contribution is 6.30. The number of hydrogen-bond acceptors (Lipinski definition) is 6. The number of aliphatic hydroxyl groups excluding tert-OH is 1. The van der Waals surface area contributed by atoms with Crippen LogP contribution in [0.3, 0.4) is 0 Å². The summed E-state index contributed by atoms with van der Waals surface area (Å²) in [5.41, 5.74) is 0.0520. The van der Waals surface area contributed by atoms with E-state index in [0.29, 0.717) is 18.8 Å². The van der Waals surface area contributed by atoms with Gasteiger partial charge >= 0.3 is 6.03 Å². The fourth-order valence-corrected chi connectivity index (χ4v) is 4.04. The zero-order chi connectivity index (χ0) is 23.6. The number of urea groups is 1. The quantitative estimate of drug-likeness (QED) is 0.601. The van der Waals surface area contributed by atoms with E-state index < -0.39 is 37.0 Å². The third-order valence-corrected chi connectivity index (χ3v) is 5.95. The van der Waals surface area contributed by atoms with Gasteiger partial charge in [-0.1, -0.05) is 17.7 Å². The van der Waals surface area contributed by atoms with Gasteiger partial charge in [-0.05, 0) is 30.5 Å². The molecular formula is C21H23ClF3N5O3. The number of aromatic nitrogens is 2. The predicted molar refractivity (Wildman–Crippen MR) is 114 cm³/mol. The number of ether oxygens (including phenoxy) is 1. The summed E-state index contributed by atoms with van der Waals surface area (Å²) >= 11 is 5.77. The van der Waals surface area contributed by atoms with E-state index in [4.69, 9.17) is 16.3 Å². The van der Waals surface area contributed by atoms with Gasteiger partial charge in [-0.15, -0.1) is 0 Å². The van der Waals surface area contributed by atoms with Crippen LogP contribution in [-0.4, -0.2) is 58.4 Å². The average Bonchev–Trinajstić information content (AvgIpc) is 2.79. The van der Waals surface area contributed by atoms with E-state index in [2.05, 4.69) is 20.6 Å². The van der Waals surface area contributed by atoms with Crippen molar-refractivity contribution in [3.8, 4) is 0 Å². The number of hydrogen-bond donors (Lipinski definition) is 3. The standard InChI is InChI=1S/C21H23ClF3N5O3/c22-15-7-12(1-2-16(15)23)18(10-31)29-20(32)30-9-17-14(21(24,25)11-30)8-26-19(28-17)27-13-3-5-33-6-4-13/h1-2,7-8,13,18,31H,3-6,9-11H2,(H,29,32)(H,26,27,28). The number of carbonyl (C=O) groups is 1. The number of nitrogens with one attached hydrogen (secondary N) is 2. The van der Waals surface area contributed by atoms with Crippen molar-refractivity contribution >= 4 is 23.6 Å². The van der Waals surface area contributed by atoms with E-state index in [0.717, 1.165) is 30.0 Å². The minimum Gasteiger partial charge on any atom is -0.394 e. The van der Waals surface area contributed by atoms with E-state index in [-0.39, 0.29) is 34.8 Å². The van der Waals surface area contributed by atoms with Crippen molar-refractivity contribution in [3.63, 3.8) is 0 Å². The summed E-state index contributed by atoms with van der Waals surface area (Å²) in [5.74, 6) is -3.79. The number of rotatable bonds is 5. The summed E-state index contributed by atoms with van der Waals surface area (Å²) in [4.78, 5) is 22.0. The number of alkyl halides is 2. The first-order valence-corrected chi connectivity index (χ1v) is 10.8. The molecule has 3 N–H and O–H groups in total. The van der Waals surface area contributed by atoms with Crippen LogP contribution < -0.4 is 10.6 Å². The minimum absolute atomic E-state index is 0.0383. The largest absolute Gasteiger partial charge is 0.394 e. The molecule has 1 atom stereocenters. The first kappa shape index (κ1) is 23.5. The molecule has 0 spiro atoms. The van der Waals surface area contributed by atoms with E-state index in [1.165, 1.54) is 12.1 Å². The summed E-state index contributed by atoms with van der Waals surface area (Å²) in [6.07, 6.45) is 2.60. The van der Waals surface area contributed by atoms with Gasteiger partial charge in [0.15, 0.2) is 0 Å². The highest BCUT2D eigenvalue weighted by Crippen LogP contribution is 2.36. The lowest BCUT2D eigenvalue weighted by Gasteiger charge is -2.34. The van der Waals surface area contributed by atoms with Crippen LogP contribution in [0, 0.1) is 5.82 Å². The van der Waals surface area contributed by atoms with Crippen LogP contribution in [0.5, 0.6) is 0 Å². The van der Waals surface area contributed by atoms with Crippen molar-refractivity contribution in [1.82, 2.24) is 20.2 Å². The molecule has 8 nitrogen and oxygen atoms in total. The molecule has 1 aromatic heterocycles. The molecule has 1 fully saturated rings. The number of benzene rings is 1. The molecule has 33 heavy (non-hydrogen) atoms. The van der Waals surface area contributed by atoms with Crippen LogP contribution in [0.15, 0.2) is 24.4 Å². The Balaban J connectivity index is 1.49. The van der Waals surface area contributed by atoms with Crippen molar-refractivity contribution < 1.29 is 27.8 Å². The highest BCUT2D eigenvalue weighted by atomic mass is 35.5. The van der Waals surface area contributed by atoms with Crippen LogP contribution >= 0.6 is 11.6 Å². The lowest BCUT2D eigenvalue weighted by Crippen LogP contribution is -2.49. The second-order valence-electron chi connectivity index (χ2n) is 8.00. The SMILES string of the molecule is O=C(NC(CO)c1ccc(F)c(Cl)c1)N1Cc2nc(NC3CCOCC3)ncc2C(F)(F)C1. The number of fused-ring (bicyclic) bond motifs is 1. The third kappa shape index (κ3) is 5.31. The van der Waals surface area contributed by atoms with Crippen molar-refractivity contribution in [2.24, 2.45) is 0 Å². The van der Waals surface area contributed by atoms with Gasteiger partial charge in [-0.3, -0.25) is 0 Å². The molecule has 2 amide bonds. The summed E-state index contributed by atoms with van der Waals surface area (Å²) in [7, 11) is 0. The maximum absolute atomic E-state index is 14.8.